The molecule has 0 atom stereocenters. The first-order valence-electron chi connectivity index (χ1n) is 7.45. The number of nitrogens with one attached hydrogen (secondary N) is 1. The van der Waals surface area contributed by atoms with Gasteiger partial charge in [-0.3, -0.25) is 4.79 Å². The monoisotopic (exact) mass is 292 g/mol. The number of nitrogens with zero attached hydrogens (tertiary/aromatic N) is 3. The third-order valence-electron chi connectivity index (χ3n) is 3.72. The average Bonchev–Trinajstić information content (AvgIpc) is 2.55. The lowest BCUT2D eigenvalue weighted by atomic mass is 10.2. The van der Waals surface area contributed by atoms with Gasteiger partial charge in [-0.15, -0.1) is 0 Å². The second-order valence-electron chi connectivity index (χ2n) is 5.08. The van der Waals surface area contributed by atoms with Gasteiger partial charge >= 0.3 is 0 Å². The molecule has 1 aromatic heterocycles. The molecule has 0 saturated carbocycles. The molecule has 0 radical (unpaired) electrons. The average molecular weight is 292 g/mol. The van der Waals surface area contributed by atoms with Gasteiger partial charge in [0.1, 0.15) is 5.69 Å². The molecular weight excluding hydrogens is 268 g/mol. The van der Waals surface area contributed by atoms with Crippen LogP contribution in [0.4, 0.5) is 5.69 Å². The standard InChI is InChI=1S/C15H24N4O2/c1-3-18-7-9-19(10-8-18)15(20)14-5-4-13(12-17-14)16-6-11-21-2/h4-5,12,16H,3,6-11H2,1-2H3. The summed E-state index contributed by atoms with van der Waals surface area (Å²) in [5.41, 5.74) is 1.41. The molecule has 1 aliphatic rings. The van der Waals surface area contributed by atoms with Gasteiger partial charge in [-0.1, -0.05) is 6.92 Å². The highest BCUT2D eigenvalue weighted by Gasteiger charge is 2.21. The quantitative estimate of drug-likeness (QED) is 0.790. The first-order chi connectivity index (χ1) is 10.2. The van der Waals surface area contributed by atoms with Gasteiger partial charge in [0, 0.05) is 39.8 Å². The fourth-order valence-corrected chi connectivity index (χ4v) is 2.35. The number of anilines is 1. The van der Waals surface area contributed by atoms with Crippen LogP contribution in [0.15, 0.2) is 18.3 Å². The molecule has 1 saturated heterocycles. The second kappa shape index (κ2) is 7.95. The predicted molar refractivity (Wildman–Crippen MR) is 82.6 cm³/mol. The Morgan fingerprint density at radius 3 is 2.67 bits per heavy atom. The highest BCUT2D eigenvalue weighted by molar-refractivity contribution is 5.92. The number of rotatable bonds is 6. The normalized spacial score (nSPS) is 16.0. The van der Waals surface area contributed by atoms with Crippen LogP contribution in [-0.2, 0) is 4.74 Å². The predicted octanol–water partition coefficient (Wildman–Crippen LogP) is 0.918. The van der Waals surface area contributed by atoms with Crippen molar-refractivity contribution in [1.29, 1.82) is 0 Å². The van der Waals surface area contributed by atoms with Crippen LogP contribution in [0.1, 0.15) is 17.4 Å². The molecule has 116 valence electrons. The molecule has 0 aromatic carbocycles. The van der Waals surface area contributed by atoms with Crippen molar-refractivity contribution in [3.05, 3.63) is 24.0 Å². The van der Waals surface area contributed by atoms with Crippen molar-refractivity contribution in [2.75, 3.05) is 58.3 Å². The number of ether oxygens (including phenoxy) is 1. The zero-order valence-electron chi connectivity index (χ0n) is 12.8. The van der Waals surface area contributed by atoms with Crippen LogP contribution < -0.4 is 5.32 Å². The summed E-state index contributed by atoms with van der Waals surface area (Å²) in [4.78, 5) is 20.9. The van der Waals surface area contributed by atoms with Crippen molar-refractivity contribution in [3.63, 3.8) is 0 Å². The molecule has 1 fully saturated rings. The van der Waals surface area contributed by atoms with E-state index in [1.807, 2.05) is 11.0 Å². The summed E-state index contributed by atoms with van der Waals surface area (Å²) < 4.78 is 4.98. The van der Waals surface area contributed by atoms with Crippen LogP contribution in [0.5, 0.6) is 0 Å². The Kier molecular flexibility index (Phi) is 5.95. The van der Waals surface area contributed by atoms with Gasteiger partial charge in [0.25, 0.3) is 5.91 Å². The fourth-order valence-electron chi connectivity index (χ4n) is 2.35. The highest BCUT2D eigenvalue weighted by atomic mass is 16.5. The van der Waals surface area contributed by atoms with Gasteiger partial charge in [0.05, 0.1) is 18.5 Å². The Hall–Kier alpha value is -1.66. The topological polar surface area (TPSA) is 57.7 Å². The van der Waals surface area contributed by atoms with E-state index in [2.05, 4.69) is 22.1 Å². The molecule has 1 amide bonds. The maximum atomic E-state index is 12.4. The van der Waals surface area contributed by atoms with Gasteiger partial charge in [-0.2, -0.15) is 0 Å². The summed E-state index contributed by atoms with van der Waals surface area (Å²) in [5.74, 6) is 0.0224. The van der Waals surface area contributed by atoms with Crippen LogP contribution in [0.25, 0.3) is 0 Å². The molecule has 0 unspecified atom stereocenters. The van der Waals surface area contributed by atoms with E-state index in [0.717, 1.165) is 45.0 Å². The molecule has 6 nitrogen and oxygen atoms in total. The molecule has 1 aliphatic heterocycles. The molecule has 6 heteroatoms. The molecule has 0 bridgehead atoms. The Labute approximate surface area is 126 Å². The van der Waals surface area contributed by atoms with E-state index in [1.165, 1.54) is 0 Å². The Balaban J connectivity index is 1.88. The molecule has 21 heavy (non-hydrogen) atoms. The summed E-state index contributed by atoms with van der Waals surface area (Å²) in [7, 11) is 1.67. The van der Waals surface area contributed by atoms with Gasteiger partial charge in [-0.25, -0.2) is 4.98 Å². The van der Waals surface area contributed by atoms with Crippen molar-refractivity contribution >= 4 is 11.6 Å². The molecule has 2 heterocycles. The van der Waals surface area contributed by atoms with E-state index in [0.29, 0.717) is 12.3 Å². The number of methoxy groups -OCH3 is 1. The number of likely N-dealkylation sites (N-methyl/N-ethyl adjacent to an activating group) is 1. The zero-order chi connectivity index (χ0) is 15.1. The summed E-state index contributed by atoms with van der Waals surface area (Å²) in [6, 6.07) is 3.67. The van der Waals surface area contributed by atoms with E-state index in [-0.39, 0.29) is 5.91 Å². The lowest BCUT2D eigenvalue weighted by molar-refractivity contribution is 0.0637. The van der Waals surface area contributed by atoms with Crippen molar-refractivity contribution in [1.82, 2.24) is 14.8 Å². The van der Waals surface area contributed by atoms with Gasteiger partial charge < -0.3 is 19.9 Å². The lowest BCUT2D eigenvalue weighted by Gasteiger charge is -2.33. The van der Waals surface area contributed by atoms with Crippen molar-refractivity contribution in [2.45, 2.75) is 6.92 Å². The highest BCUT2D eigenvalue weighted by Crippen LogP contribution is 2.10. The summed E-state index contributed by atoms with van der Waals surface area (Å²) in [5, 5.41) is 3.19. The van der Waals surface area contributed by atoms with Crippen LogP contribution in [-0.4, -0.2) is 73.7 Å². The zero-order valence-corrected chi connectivity index (χ0v) is 12.8. The molecule has 1 aromatic rings. The van der Waals surface area contributed by atoms with E-state index in [9.17, 15) is 4.79 Å². The molecular formula is C15H24N4O2. The van der Waals surface area contributed by atoms with E-state index in [4.69, 9.17) is 4.74 Å². The fraction of sp³-hybridized carbons (Fsp3) is 0.600. The van der Waals surface area contributed by atoms with Crippen molar-refractivity contribution in [3.8, 4) is 0 Å². The van der Waals surface area contributed by atoms with Crippen LogP contribution in [0.3, 0.4) is 0 Å². The number of carbonyl (C=O) groups excluding carboxylic acids is 1. The number of aromatic nitrogens is 1. The minimum Gasteiger partial charge on any atom is -0.383 e. The minimum atomic E-state index is 0.0224. The Morgan fingerprint density at radius 1 is 1.33 bits per heavy atom. The molecule has 1 N–H and O–H groups in total. The maximum absolute atomic E-state index is 12.4. The minimum absolute atomic E-state index is 0.0224. The maximum Gasteiger partial charge on any atom is 0.272 e. The van der Waals surface area contributed by atoms with Crippen LogP contribution in [0, 0.1) is 0 Å². The van der Waals surface area contributed by atoms with Crippen molar-refractivity contribution < 1.29 is 9.53 Å². The molecule has 0 spiro atoms. The smallest absolute Gasteiger partial charge is 0.272 e. The lowest BCUT2D eigenvalue weighted by Crippen LogP contribution is -2.48. The summed E-state index contributed by atoms with van der Waals surface area (Å²) >= 11 is 0. The Bertz CT molecular complexity index is 441. The van der Waals surface area contributed by atoms with Gasteiger partial charge in [-0.05, 0) is 18.7 Å². The summed E-state index contributed by atoms with van der Waals surface area (Å²) in [6.45, 7) is 8.01. The first-order valence-corrected chi connectivity index (χ1v) is 7.45. The number of hydrogen-bond donors (Lipinski definition) is 1. The summed E-state index contributed by atoms with van der Waals surface area (Å²) in [6.07, 6.45) is 1.70. The third kappa shape index (κ3) is 4.41. The van der Waals surface area contributed by atoms with Gasteiger partial charge in [0.2, 0.25) is 0 Å². The molecule has 0 aliphatic carbocycles. The SMILES string of the molecule is CCN1CCN(C(=O)c2ccc(NCCOC)cn2)CC1. The van der Waals surface area contributed by atoms with Gasteiger partial charge in [0.15, 0.2) is 0 Å². The second-order valence-corrected chi connectivity index (χ2v) is 5.08. The van der Waals surface area contributed by atoms with Crippen LogP contribution in [0.2, 0.25) is 0 Å². The number of pyridine rings is 1. The third-order valence-corrected chi connectivity index (χ3v) is 3.72. The van der Waals surface area contributed by atoms with E-state index < -0.39 is 0 Å². The number of piperazine rings is 1. The van der Waals surface area contributed by atoms with Crippen molar-refractivity contribution in [2.24, 2.45) is 0 Å². The Morgan fingerprint density at radius 2 is 2.10 bits per heavy atom. The largest absolute Gasteiger partial charge is 0.383 e. The number of carbonyl (C=O) groups is 1. The van der Waals surface area contributed by atoms with E-state index >= 15 is 0 Å². The molecule has 2 rings (SSSR count). The first kappa shape index (κ1) is 15.7. The number of amides is 1. The van der Waals surface area contributed by atoms with E-state index in [1.54, 1.807) is 19.4 Å². The van der Waals surface area contributed by atoms with Crippen LogP contribution >= 0.6 is 0 Å². The number of hydrogen-bond acceptors (Lipinski definition) is 5.